The van der Waals surface area contributed by atoms with Crippen LogP contribution in [0.4, 0.5) is 4.79 Å². The maximum Gasteiger partial charge on any atom is 0.335 e. The number of urea groups is 1. The summed E-state index contributed by atoms with van der Waals surface area (Å²) in [5.41, 5.74) is 6.36. The lowest BCUT2D eigenvalue weighted by molar-refractivity contribution is -0.128. The Bertz CT molecular complexity index is 1720. The zero-order valence-electron chi connectivity index (χ0n) is 25.4. The lowest BCUT2D eigenvalue weighted by Gasteiger charge is -2.20. The van der Waals surface area contributed by atoms with E-state index >= 15 is 0 Å². The third-order valence-corrected chi connectivity index (χ3v) is 7.61. The van der Waals surface area contributed by atoms with E-state index in [4.69, 9.17) is 0 Å². The fraction of sp³-hybridized carbons (Fsp3) is 0.158. The highest BCUT2D eigenvalue weighted by molar-refractivity contribution is 5.91. The summed E-state index contributed by atoms with van der Waals surface area (Å²) in [6, 6.07) is 41.4. The maximum absolute atomic E-state index is 13.4. The van der Waals surface area contributed by atoms with Gasteiger partial charge in [-0.3, -0.25) is 9.59 Å². The number of nitrogens with zero attached hydrogens (tertiary/aromatic N) is 1. The Hall–Kier alpha value is -5.76. The van der Waals surface area contributed by atoms with Gasteiger partial charge in [0, 0.05) is 19.1 Å². The standard InChI is InChI=1S/C38H37N5O3/c44-35(24-23-28-13-4-1-5-14-28)41-34(27-32-21-12-20-29-15-10-11-22-33(29)32)37(45)39-25-26-40-43-38(46)42-36(30-16-6-2-7-17-30)31-18-8-3-9-19-31/h1-22,26,34,36H,23-25,27H2,(H,39,45)(H,41,44)(H2,42,43,46)/b40-26+/t34-/m0/s1. The van der Waals surface area contributed by atoms with E-state index in [0.29, 0.717) is 12.8 Å². The number of aryl methyl sites for hydroxylation is 1. The van der Waals surface area contributed by atoms with Gasteiger partial charge in [0.25, 0.3) is 0 Å². The van der Waals surface area contributed by atoms with E-state index in [2.05, 4.69) is 26.5 Å². The van der Waals surface area contributed by atoms with Crippen LogP contribution < -0.4 is 21.4 Å². The first-order chi connectivity index (χ1) is 22.6. The first-order valence-electron chi connectivity index (χ1n) is 15.3. The van der Waals surface area contributed by atoms with Crippen LogP contribution in [0.1, 0.15) is 34.7 Å². The number of rotatable bonds is 13. The molecule has 1 atom stereocenters. The molecule has 0 spiro atoms. The molecule has 8 nitrogen and oxygen atoms in total. The van der Waals surface area contributed by atoms with E-state index in [1.54, 1.807) is 0 Å². The van der Waals surface area contributed by atoms with Gasteiger partial charge in [0.05, 0.1) is 12.6 Å². The molecule has 0 fully saturated rings. The molecule has 5 aromatic rings. The minimum atomic E-state index is -0.795. The molecular weight excluding hydrogens is 574 g/mol. The van der Waals surface area contributed by atoms with Crippen molar-refractivity contribution in [1.82, 2.24) is 21.4 Å². The summed E-state index contributed by atoms with van der Waals surface area (Å²) < 4.78 is 0. The van der Waals surface area contributed by atoms with E-state index in [9.17, 15) is 14.4 Å². The van der Waals surface area contributed by atoms with Crippen molar-refractivity contribution in [2.45, 2.75) is 31.3 Å². The monoisotopic (exact) mass is 611 g/mol. The summed E-state index contributed by atoms with van der Waals surface area (Å²) in [6.45, 7) is 0.0613. The fourth-order valence-electron chi connectivity index (χ4n) is 5.30. The van der Waals surface area contributed by atoms with Gasteiger partial charge in [0.15, 0.2) is 0 Å². The minimum Gasteiger partial charge on any atom is -0.349 e. The third kappa shape index (κ3) is 9.12. The molecule has 0 aromatic heterocycles. The van der Waals surface area contributed by atoms with Crippen molar-refractivity contribution in [3.05, 3.63) is 156 Å². The van der Waals surface area contributed by atoms with Crippen molar-refractivity contribution in [2.75, 3.05) is 6.54 Å². The summed E-state index contributed by atoms with van der Waals surface area (Å²) in [5.74, 6) is -0.548. The van der Waals surface area contributed by atoms with Gasteiger partial charge < -0.3 is 16.0 Å². The SMILES string of the molecule is O=C(CCc1ccccc1)N[C@@H](Cc1cccc2ccccc12)C(=O)NC/C=N/NC(=O)NC(c1ccccc1)c1ccccc1. The van der Waals surface area contributed by atoms with E-state index in [1.807, 2.05) is 133 Å². The van der Waals surface area contributed by atoms with Crippen LogP contribution in [0, 0.1) is 0 Å². The molecule has 0 aliphatic heterocycles. The van der Waals surface area contributed by atoms with Gasteiger partial charge in [0.2, 0.25) is 11.8 Å². The number of amides is 4. The van der Waals surface area contributed by atoms with E-state index in [-0.39, 0.29) is 30.8 Å². The predicted octanol–water partition coefficient (Wildman–Crippen LogP) is 5.69. The predicted molar refractivity (Wildman–Crippen MR) is 182 cm³/mol. The van der Waals surface area contributed by atoms with Crippen LogP contribution in [-0.4, -0.2) is 36.6 Å². The van der Waals surface area contributed by atoms with Gasteiger partial charge in [-0.2, -0.15) is 5.10 Å². The molecule has 4 N–H and O–H groups in total. The summed E-state index contributed by atoms with van der Waals surface area (Å²) in [5, 5.41) is 14.8. The van der Waals surface area contributed by atoms with Gasteiger partial charge in [-0.25, -0.2) is 10.2 Å². The molecule has 5 aromatic carbocycles. The van der Waals surface area contributed by atoms with Gasteiger partial charge in [-0.15, -0.1) is 0 Å². The maximum atomic E-state index is 13.4. The zero-order chi connectivity index (χ0) is 32.0. The lowest BCUT2D eigenvalue weighted by Crippen LogP contribution is -2.48. The molecule has 0 aliphatic rings. The van der Waals surface area contributed by atoms with Crippen LogP contribution >= 0.6 is 0 Å². The highest BCUT2D eigenvalue weighted by Crippen LogP contribution is 2.22. The Morgan fingerprint density at radius 2 is 1.28 bits per heavy atom. The van der Waals surface area contributed by atoms with E-state index in [0.717, 1.165) is 33.0 Å². The first-order valence-corrected chi connectivity index (χ1v) is 15.3. The van der Waals surface area contributed by atoms with Crippen LogP contribution in [-0.2, 0) is 22.4 Å². The summed E-state index contributed by atoms with van der Waals surface area (Å²) in [6.07, 6.45) is 2.56. The number of hydrogen-bond acceptors (Lipinski definition) is 4. The third-order valence-electron chi connectivity index (χ3n) is 7.61. The number of carbonyl (C=O) groups is 3. The van der Waals surface area contributed by atoms with Crippen LogP contribution in [0.3, 0.4) is 0 Å². The molecule has 0 saturated carbocycles. The van der Waals surface area contributed by atoms with Gasteiger partial charge in [-0.1, -0.05) is 133 Å². The summed E-state index contributed by atoms with van der Waals surface area (Å²) in [7, 11) is 0. The first kappa shape index (κ1) is 31.7. The second-order valence-electron chi connectivity index (χ2n) is 10.8. The van der Waals surface area contributed by atoms with Gasteiger partial charge >= 0.3 is 6.03 Å². The number of hydrazone groups is 1. The highest BCUT2D eigenvalue weighted by Gasteiger charge is 2.22. The summed E-state index contributed by atoms with van der Waals surface area (Å²) >= 11 is 0. The average molecular weight is 612 g/mol. The Morgan fingerprint density at radius 1 is 0.674 bits per heavy atom. The number of benzene rings is 5. The second-order valence-corrected chi connectivity index (χ2v) is 10.8. The number of nitrogens with one attached hydrogen (secondary N) is 4. The Labute approximate surface area is 268 Å². The topological polar surface area (TPSA) is 112 Å². The van der Waals surface area contributed by atoms with E-state index in [1.165, 1.54) is 6.21 Å². The molecule has 0 unspecified atom stereocenters. The highest BCUT2D eigenvalue weighted by atomic mass is 16.2. The normalized spacial score (nSPS) is 11.7. The Kier molecular flexibility index (Phi) is 11.3. The molecule has 5 rings (SSSR count). The van der Waals surface area contributed by atoms with E-state index < -0.39 is 12.1 Å². The molecule has 4 amide bonds. The van der Waals surface area contributed by atoms with Crippen molar-refractivity contribution in [3.63, 3.8) is 0 Å². The summed E-state index contributed by atoms with van der Waals surface area (Å²) in [4.78, 5) is 39.1. The Morgan fingerprint density at radius 3 is 1.98 bits per heavy atom. The Balaban J connectivity index is 1.18. The van der Waals surface area contributed by atoms with Crippen molar-refractivity contribution in [1.29, 1.82) is 0 Å². The van der Waals surface area contributed by atoms with Crippen molar-refractivity contribution in [2.24, 2.45) is 5.10 Å². The molecule has 232 valence electrons. The average Bonchev–Trinajstić information content (AvgIpc) is 3.10. The number of fused-ring (bicyclic) bond motifs is 1. The molecule has 0 radical (unpaired) electrons. The number of hydrogen-bond donors (Lipinski definition) is 4. The number of carbonyl (C=O) groups excluding carboxylic acids is 3. The van der Waals surface area contributed by atoms with Gasteiger partial charge in [-0.05, 0) is 39.4 Å². The van der Waals surface area contributed by atoms with Crippen LogP contribution in [0.15, 0.2) is 139 Å². The van der Waals surface area contributed by atoms with Gasteiger partial charge in [0.1, 0.15) is 6.04 Å². The smallest absolute Gasteiger partial charge is 0.335 e. The second kappa shape index (κ2) is 16.4. The molecule has 0 saturated heterocycles. The van der Waals surface area contributed by atoms with Crippen LogP contribution in [0.5, 0.6) is 0 Å². The molecule has 8 heteroatoms. The molecule has 0 heterocycles. The largest absolute Gasteiger partial charge is 0.349 e. The lowest BCUT2D eigenvalue weighted by atomic mass is 9.98. The fourth-order valence-corrected chi connectivity index (χ4v) is 5.30. The van der Waals surface area contributed by atoms with Crippen LogP contribution in [0.25, 0.3) is 10.8 Å². The molecule has 0 bridgehead atoms. The van der Waals surface area contributed by atoms with Crippen molar-refractivity contribution < 1.29 is 14.4 Å². The molecule has 0 aliphatic carbocycles. The quantitative estimate of drug-likeness (QED) is 0.101. The molecular formula is C38H37N5O3. The van der Waals surface area contributed by atoms with Crippen molar-refractivity contribution in [3.8, 4) is 0 Å². The minimum absolute atomic E-state index is 0.0613. The molecule has 46 heavy (non-hydrogen) atoms. The zero-order valence-corrected chi connectivity index (χ0v) is 25.4. The van der Waals surface area contributed by atoms with Crippen LogP contribution in [0.2, 0.25) is 0 Å². The van der Waals surface area contributed by atoms with Crippen molar-refractivity contribution >= 4 is 34.8 Å².